The maximum atomic E-state index is 3.41. The molecule has 3 unspecified atom stereocenters. The Balaban J connectivity index is 1.48. The number of fused-ring (bicyclic) bond motifs is 1. The molecular weight excluding hydrogens is 208 g/mol. The van der Waals surface area contributed by atoms with Crippen molar-refractivity contribution in [2.45, 2.75) is 39.0 Å². The lowest BCUT2D eigenvalue weighted by Crippen LogP contribution is -2.50. The average molecular weight is 236 g/mol. The van der Waals surface area contributed by atoms with Gasteiger partial charge in [-0.1, -0.05) is 26.2 Å². The highest BCUT2D eigenvalue weighted by molar-refractivity contribution is 4.86. The zero-order valence-corrected chi connectivity index (χ0v) is 11.3. The van der Waals surface area contributed by atoms with Crippen LogP contribution in [-0.4, -0.2) is 37.6 Å². The summed E-state index contributed by atoms with van der Waals surface area (Å²) in [6.45, 7) is 9.14. The highest BCUT2D eigenvalue weighted by atomic mass is 15.1. The highest BCUT2D eigenvalue weighted by Gasteiger charge is 2.32. The molecule has 0 aromatic rings. The summed E-state index contributed by atoms with van der Waals surface area (Å²) >= 11 is 0. The van der Waals surface area contributed by atoms with E-state index in [9.17, 15) is 0 Å². The Hall–Kier alpha value is -0.0800. The van der Waals surface area contributed by atoms with Crippen LogP contribution in [0.3, 0.4) is 0 Å². The van der Waals surface area contributed by atoms with Gasteiger partial charge in [0, 0.05) is 13.1 Å². The van der Waals surface area contributed by atoms with Gasteiger partial charge in [-0.05, 0) is 56.1 Å². The first-order valence-electron chi connectivity index (χ1n) is 7.76. The van der Waals surface area contributed by atoms with E-state index in [1.807, 2.05) is 0 Å². The third-order valence-corrected chi connectivity index (χ3v) is 5.54. The van der Waals surface area contributed by atoms with Crippen molar-refractivity contribution in [2.24, 2.45) is 23.7 Å². The van der Waals surface area contributed by atoms with Crippen LogP contribution in [0.4, 0.5) is 0 Å². The van der Waals surface area contributed by atoms with Crippen LogP contribution in [0.2, 0.25) is 0 Å². The minimum absolute atomic E-state index is 0.899. The van der Waals surface area contributed by atoms with E-state index in [1.54, 1.807) is 0 Å². The molecule has 3 aliphatic rings. The number of nitrogens with one attached hydrogen (secondary N) is 1. The van der Waals surface area contributed by atoms with E-state index >= 15 is 0 Å². The second kappa shape index (κ2) is 5.27. The number of hydrogen-bond acceptors (Lipinski definition) is 2. The minimum atomic E-state index is 0.899. The Morgan fingerprint density at radius 1 is 1.12 bits per heavy atom. The summed E-state index contributed by atoms with van der Waals surface area (Å²) in [5, 5.41) is 3.41. The second-order valence-corrected chi connectivity index (χ2v) is 6.75. The number of likely N-dealkylation sites (tertiary alicyclic amines) is 1. The van der Waals surface area contributed by atoms with E-state index in [0.29, 0.717) is 0 Å². The summed E-state index contributed by atoms with van der Waals surface area (Å²) in [7, 11) is 0. The van der Waals surface area contributed by atoms with Gasteiger partial charge in [-0.15, -0.1) is 0 Å². The van der Waals surface area contributed by atoms with Crippen molar-refractivity contribution in [1.82, 2.24) is 10.2 Å². The molecule has 3 atom stereocenters. The zero-order valence-electron chi connectivity index (χ0n) is 11.3. The van der Waals surface area contributed by atoms with Gasteiger partial charge in [0.2, 0.25) is 0 Å². The predicted molar refractivity (Wildman–Crippen MR) is 72.0 cm³/mol. The summed E-state index contributed by atoms with van der Waals surface area (Å²) in [4.78, 5) is 2.77. The van der Waals surface area contributed by atoms with Crippen LogP contribution in [0.25, 0.3) is 0 Å². The molecule has 1 aliphatic carbocycles. The Morgan fingerprint density at radius 3 is 2.59 bits per heavy atom. The monoisotopic (exact) mass is 236 g/mol. The molecule has 0 spiro atoms. The lowest BCUT2D eigenvalue weighted by atomic mass is 9.75. The van der Waals surface area contributed by atoms with E-state index in [-0.39, 0.29) is 0 Å². The standard InChI is InChI=1S/C15H28N2/c1-12(15-8-16-9-15)10-17-7-6-13-4-2-3-5-14(13)11-17/h12-16H,2-11H2,1H3. The van der Waals surface area contributed by atoms with Crippen LogP contribution in [0.1, 0.15) is 39.0 Å². The molecule has 3 fully saturated rings. The summed E-state index contributed by atoms with van der Waals surface area (Å²) < 4.78 is 0. The molecular formula is C15H28N2. The molecule has 0 aromatic heterocycles. The van der Waals surface area contributed by atoms with E-state index in [0.717, 1.165) is 23.7 Å². The zero-order chi connectivity index (χ0) is 11.7. The quantitative estimate of drug-likeness (QED) is 0.809. The van der Waals surface area contributed by atoms with Crippen molar-refractivity contribution in [3.63, 3.8) is 0 Å². The second-order valence-electron chi connectivity index (χ2n) is 6.75. The van der Waals surface area contributed by atoms with Crippen molar-refractivity contribution in [2.75, 3.05) is 32.7 Å². The van der Waals surface area contributed by atoms with Crippen molar-refractivity contribution >= 4 is 0 Å². The van der Waals surface area contributed by atoms with E-state index in [2.05, 4.69) is 17.1 Å². The van der Waals surface area contributed by atoms with Crippen LogP contribution in [0, 0.1) is 23.7 Å². The van der Waals surface area contributed by atoms with E-state index in [4.69, 9.17) is 0 Å². The molecule has 2 heteroatoms. The Bertz CT molecular complexity index is 247. The van der Waals surface area contributed by atoms with Crippen LogP contribution in [0.15, 0.2) is 0 Å². The number of nitrogens with zero attached hydrogens (tertiary/aromatic N) is 1. The molecule has 2 aliphatic heterocycles. The van der Waals surface area contributed by atoms with Gasteiger partial charge in [0.15, 0.2) is 0 Å². The number of piperidine rings is 1. The Labute approximate surface area is 106 Å². The normalized spacial score (nSPS) is 37.2. The van der Waals surface area contributed by atoms with Crippen LogP contribution >= 0.6 is 0 Å². The van der Waals surface area contributed by atoms with E-state index in [1.165, 1.54) is 64.8 Å². The summed E-state index contributed by atoms with van der Waals surface area (Å²) in [5.74, 6) is 3.99. The molecule has 98 valence electrons. The molecule has 0 radical (unpaired) electrons. The minimum Gasteiger partial charge on any atom is -0.316 e. The molecule has 3 rings (SSSR count). The molecule has 0 bridgehead atoms. The van der Waals surface area contributed by atoms with Crippen LogP contribution in [-0.2, 0) is 0 Å². The maximum absolute atomic E-state index is 3.41. The van der Waals surface area contributed by atoms with Gasteiger partial charge in [0.1, 0.15) is 0 Å². The predicted octanol–water partition coefficient (Wildman–Crippen LogP) is 2.35. The topological polar surface area (TPSA) is 15.3 Å². The fraction of sp³-hybridized carbons (Fsp3) is 1.00. The number of hydrogen-bond donors (Lipinski definition) is 1. The van der Waals surface area contributed by atoms with Gasteiger partial charge < -0.3 is 10.2 Å². The summed E-state index contributed by atoms with van der Waals surface area (Å²) in [5.41, 5.74) is 0. The molecule has 2 saturated heterocycles. The Morgan fingerprint density at radius 2 is 1.88 bits per heavy atom. The number of rotatable bonds is 3. The first-order valence-corrected chi connectivity index (χ1v) is 7.76. The SMILES string of the molecule is CC(CN1CCC2CCCCC2C1)C1CNC1. The van der Waals surface area contributed by atoms with Gasteiger partial charge in [0.25, 0.3) is 0 Å². The third-order valence-electron chi connectivity index (χ3n) is 5.54. The average Bonchev–Trinajstić information content (AvgIpc) is 2.26. The third kappa shape index (κ3) is 2.68. The van der Waals surface area contributed by atoms with Gasteiger partial charge in [-0.3, -0.25) is 0 Å². The van der Waals surface area contributed by atoms with Crippen molar-refractivity contribution in [1.29, 1.82) is 0 Å². The van der Waals surface area contributed by atoms with Crippen molar-refractivity contribution in [3.8, 4) is 0 Å². The molecule has 0 amide bonds. The molecule has 2 heterocycles. The van der Waals surface area contributed by atoms with E-state index < -0.39 is 0 Å². The first-order chi connectivity index (χ1) is 8.33. The molecule has 0 aromatic carbocycles. The summed E-state index contributed by atoms with van der Waals surface area (Å²) in [6, 6.07) is 0. The maximum Gasteiger partial charge on any atom is 0.00124 e. The van der Waals surface area contributed by atoms with Gasteiger partial charge >= 0.3 is 0 Å². The molecule has 1 saturated carbocycles. The van der Waals surface area contributed by atoms with Gasteiger partial charge in [-0.25, -0.2) is 0 Å². The van der Waals surface area contributed by atoms with Crippen molar-refractivity contribution < 1.29 is 0 Å². The largest absolute Gasteiger partial charge is 0.316 e. The molecule has 2 nitrogen and oxygen atoms in total. The van der Waals surface area contributed by atoms with Gasteiger partial charge in [0.05, 0.1) is 0 Å². The highest BCUT2D eigenvalue weighted by Crippen LogP contribution is 2.36. The molecule has 1 N–H and O–H groups in total. The van der Waals surface area contributed by atoms with Gasteiger partial charge in [-0.2, -0.15) is 0 Å². The lowest BCUT2D eigenvalue weighted by Gasteiger charge is -2.43. The smallest absolute Gasteiger partial charge is 0.00124 e. The van der Waals surface area contributed by atoms with Crippen LogP contribution in [0.5, 0.6) is 0 Å². The Kier molecular flexibility index (Phi) is 3.72. The summed E-state index contributed by atoms with van der Waals surface area (Å²) in [6.07, 6.45) is 7.53. The van der Waals surface area contributed by atoms with Crippen molar-refractivity contribution in [3.05, 3.63) is 0 Å². The first kappa shape index (κ1) is 12.0. The molecule has 17 heavy (non-hydrogen) atoms. The lowest BCUT2D eigenvalue weighted by molar-refractivity contribution is 0.0645. The fourth-order valence-corrected chi connectivity index (χ4v) is 4.11. The van der Waals surface area contributed by atoms with Crippen LogP contribution < -0.4 is 5.32 Å². The fourth-order valence-electron chi connectivity index (χ4n) is 4.11.